The number of hydrogen-bond acceptors (Lipinski definition) is 9. The van der Waals surface area contributed by atoms with Gasteiger partial charge in [-0.2, -0.15) is 15.0 Å². The fourth-order valence-corrected chi connectivity index (χ4v) is 3.15. The van der Waals surface area contributed by atoms with Crippen LogP contribution in [-0.4, -0.2) is 79.1 Å². The first-order chi connectivity index (χ1) is 13.2. The molecule has 0 bridgehead atoms. The quantitative estimate of drug-likeness (QED) is 0.829. The molecule has 0 radical (unpaired) electrons. The second kappa shape index (κ2) is 8.18. The molecule has 1 N–H and O–H groups in total. The molecule has 0 saturated carbocycles. The molecule has 0 unspecified atom stereocenters. The third-order valence-corrected chi connectivity index (χ3v) is 4.69. The number of anilines is 3. The molecule has 9 heteroatoms. The number of aromatic nitrogens is 4. The third kappa shape index (κ3) is 4.19. The lowest BCUT2D eigenvalue weighted by Crippen LogP contribution is -2.38. The molecule has 0 spiro atoms. The van der Waals surface area contributed by atoms with E-state index < -0.39 is 0 Å². The van der Waals surface area contributed by atoms with Gasteiger partial charge in [-0.3, -0.25) is 0 Å². The van der Waals surface area contributed by atoms with Crippen molar-refractivity contribution in [2.45, 2.75) is 13.8 Å². The van der Waals surface area contributed by atoms with Crippen LogP contribution in [0.4, 0.5) is 17.7 Å². The van der Waals surface area contributed by atoms with E-state index in [1.807, 2.05) is 6.20 Å². The Bertz CT molecular complexity index is 768. The van der Waals surface area contributed by atoms with Gasteiger partial charge in [-0.05, 0) is 5.92 Å². The lowest BCUT2D eigenvalue weighted by atomic mass is 10.2. The van der Waals surface area contributed by atoms with Crippen LogP contribution in [0.15, 0.2) is 6.20 Å². The van der Waals surface area contributed by atoms with Crippen molar-refractivity contribution in [3.05, 3.63) is 6.20 Å². The average Bonchev–Trinajstić information content (AvgIpc) is 2.72. The van der Waals surface area contributed by atoms with Crippen molar-refractivity contribution in [3.8, 4) is 0 Å². The van der Waals surface area contributed by atoms with Crippen LogP contribution in [0.1, 0.15) is 13.8 Å². The van der Waals surface area contributed by atoms with Crippen LogP contribution in [0.25, 0.3) is 11.0 Å². The molecule has 4 heterocycles. The van der Waals surface area contributed by atoms with Gasteiger partial charge in [0.05, 0.1) is 31.8 Å². The Balaban J connectivity index is 1.71. The molecule has 2 aromatic rings. The number of nitrogens with one attached hydrogen (secondary N) is 1. The molecular weight excluding hydrogens is 346 g/mol. The highest BCUT2D eigenvalue weighted by Gasteiger charge is 2.20. The monoisotopic (exact) mass is 373 g/mol. The first-order valence-electron chi connectivity index (χ1n) is 9.65. The summed E-state index contributed by atoms with van der Waals surface area (Å²) in [5.74, 6) is 2.70. The summed E-state index contributed by atoms with van der Waals surface area (Å²) in [5.41, 5.74) is 0.675. The minimum atomic E-state index is 0.510. The van der Waals surface area contributed by atoms with Crippen LogP contribution in [-0.2, 0) is 9.47 Å². The number of ether oxygens (including phenoxy) is 2. The van der Waals surface area contributed by atoms with Gasteiger partial charge >= 0.3 is 0 Å². The summed E-state index contributed by atoms with van der Waals surface area (Å²) in [6.45, 7) is 11.1. The largest absolute Gasteiger partial charge is 0.378 e. The molecule has 9 nitrogen and oxygen atoms in total. The van der Waals surface area contributed by atoms with Gasteiger partial charge in [0.25, 0.3) is 0 Å². The third-order valence-electron chi connectivity index (χ3n) is 4.69. The van der Waals surface area contributed by atoms with E-state index in [1.165, 1.54) is 0 Å². The van der Waals surface area contributed by atoms with Crippen LogP contribution >= 0.6 is 0 Å². The van der Waals surface area contributed by atoms with Crippen molar-refractivity contribution in [1.82, 2.24) is 19.9 Å². The topological polar surface area (TPSA) is 88.5 Å². The van der Waals surface area contributed by atoms with Crippen molar-refractivity contribution >= 4 is 28.7 Å². The Kier molecular flexibility index (Phi) is 5.49. The number of nitrogens with zero attached hydrogens (tertiary/aromatic N) is 6. The zero-order valence-electron chi connectivity index (χ0n) is 16.0. The van der Waals surface area contributed by atoms with E-state index in [9.17, 15) is 0 Å². The first kappa shape index (κ1) is 18.1. The summed E-state index contributed by atoms with van der Waals surface area (Å²) in [5, 5.41) is 4.29. The van der Waals surface area contributed by atoms with Crippen LogP contribution in [0.2, 0.25) is 0 Å². The van der Waals surface area contributed by atoms with E-state index in [0.29, 0.717) is 49.9 Å². The molecule has 0 aliphatic carbocycles. The van der Waals surface area contributed by atoms with Crippen molar-refractivity contribution < 1.29 is 9.47 Å². The first-order valence-corrected chi connectivity index (χ1v) is 9.65. The van der Waals surface area contributed by atoms with Crippen LogP contribution < -0.4 is 15.1 Å². The Morgan fingerprint density at radius 3 is 2.15 bits per heavy atom. The second-order valence-corrected chi connectivity index (χ2v) is 7.25. The Hall–Kier alpha value is -2.26. The highest BCUT2D eigenvalue weighted by molar-refractivity contribution is 5.87. The Morgan fingerprint density at radius 2 is 1.52 bits per heavy atom. The lowest BCUT2D eigenvalue weighted by molar-refractivity contribution is 0.122. The predicted molar refractivity (Wildman–Crippen MR) is 105 cm³/mol. The molecule has 0 atom stereocenters. The van der Waals surface area contributed by atoms with Gasteiger partial charge in [-0.25, -0.2) is 4.98 Å². The molecule has 2 aromatic heterocycles. The van der Waals surface area contributed by atoms with Gasteiger partial charge in [-0.15, -0.1) is 0 Å². The fourth-order valence-electron chi connectivity index (χ4n) is 3.15. The normalized spacial score (nSPS) is 18.3. The van der Waals surface area contributed by atoms with Gasteiger partial charge in [-0.1, -0.05) is 13.8 Å². The number of morpholine rings is 2. The van der Waals surface area contributed by atoms with E-state index in [0.717, 1.165) is 43.9 Å². The van der Waals surface area contributed by atoms with E-state index >= 15 is 0 Å². The van der Waals surface area contributed by atoms with E-state index in [-0.39, 0.29) is 0 Å². The molecule has 27 heavy (non-hydrogen) atoms. The molecule has 2 aliphatic heterocycles. The summed E-state index contributed by atoms with van der Waals surface area (Å²) in [6.07, 6.45) is 1.83. The lowest BCUT2D eigenvalue weighted by Gasteiger charge is -2.28. The molecule has 2 saturated heterocycles. The maximum atomic E-state index is 5.46. The summed E-state index contributed by atoms with van der Waals surface area (Å²) in [7, 11) is 0. The van der Waals surface area contributed by atoms with Gasteiger partial charge in [0.15, 0.2) is 5.65 Å². The number of rotatable bonds is 5. The van der Waals surface area contributed by atoms with Crippen molar-refractivity contribution in [2.75, 3.05) is 74.3 Å². The molecule has 146 valence electrons. The molecule has 2 aliphatic rings. The van der Waals surface area contributed by atoms with Crippen molar-refractivity contribution in [3.63, 3.8) is 0 Å². The summed E-state index contributed by atoms with van der Waals surface area (Å²) in [4.78, 5) is 23.1. The minimum Gasteiger partial charge on any atom is -0.378 e. The average molecular weight is 373 g/mol. The molecular formula is C18H27N7O2. The van der Waals surface area contributed by atoms with E-state index in [1.54, 1.807) is 0 Å². The minimum absolute atomic E-state index is 0.510. The molecule has 0 aromatic carbocycles. The Labute approximate surface area is 159 Å². The molecule has 0 amide bonds. The number of fused-ring (bicyclic) bond motifs is 1. The maximum absolute atomic E-state index is 5.46. The van der Waals surface area contributed by atoms with Gasteiger partial charge in [0.1, 0.15) is 5.82 Å². The zero-order valence-corrected chi connectivity index (χ0v) is 16.0. The smallest absolute Gasteiger partial charge is 0.229 e. The Morgan fingerprint density at radius 1 is 0.926 bits per heavy atom. The summed E-state index contributed by atoms with van der Waals surface area (Å²) in [6, 6.07) is 0. The van der Waals surface area contributed by atoms with E-state index in [4.69, 9.17) is 24.4 Å². The maximum Gasteiger partial charge on any atom is 0.229 e. The number of hydrogen-bond donors (Lipinski definition) is 1. The van der Waals surface area contributed by atoms with Gasteiger partial charge in [0, 0.05) is 38.9 Å². The van der Waals surface area contributed by atoms with Gasteiger partial charge in [0.2, 0.25) is 11.9 Å². The van der Waals surface area contributed by atoms with Gasteiger partial charge < -0.3 is 24.6 Å². The van der Waals surface area contributed by atoms with Crippen molar-refractivity contribution in [2.24, 2.45) is 5.92 Å². The van der Waals surface area contributed by atoms with Crippen molar-refractivity contribution in [1.29, 1.82) is 0 Å². The highest BCUT2D eigenvalue weighted by Crippen LogP contribution is 2.24. The second-order valence-electron chi connectivity index (χ2n) is 7.25. The predicted octanol–water partition coefficient (Wildman–Crippen LogP) is 1.16. The van der Waals surface area contributed by atoms with Crippen LogP contribution in [0, 0.1) is 5.92 Å². The standard InChI is InChI=1S/C18H27N7O2/c1-13(2)11-19-15-14-12-20-17(24-3-7-26-8-4-24)22-16(14)23-18(21-15)25-5-9-27-10-6-25/h12-13H,3-11H2,1-2H3,(H,19,20,21,22,23). The molecule has 2 fully saturated rings. The molecule has 4 rings (SSSR count). The van der Waals surface area contributed by atoms with Crippen LogP contribution in [0.5, 0.6) is 0 Å². The highest BCUT2D eigenvalue weighted by atomic mass is 16.5. The zero-order chi connectivity index (χ0) is 18.6. The fraction of sp³-hybridized carbons (Fsp3) is 0.667. The SMILES string of the molecule is CC(C)CNc1nc(N2CCOCC2)nc2nc(N3CCOCC3)ncc12. The summed E-state index contributed by atoms with van der Waals surface area (Å²) < 4.78 is 10.9. The van der Waals surface area contributed by atoms with Crippen LogP contribution in [0.3, 0.4) is 0 Å². The van der Waals surface area contributed by atoms with E-state index in [2.05, 4.69) is 33.9 Å². The summed E-state index contributed by atoms with van der Waals surface area (Å²) >= 11 is 0.